The van der Waals surface area contributed by atoms with Crippen LogP contribution in [0.5, 0.6) is 0 Å². The van der Waals surface area contributed by atoms with Crippen LogP contribution < -0.4 is 10.9 Å². The van der Waals surface area contributed by atoms with Gasteiger partial charge in [0.05, 0.1) is 11.9 Å². The SMILES string of the molecule is CCCn1ncc(NC2CCCC2SCC)c(Cl)c1=O. The number of anilines is 1. The van der Waals surface area contributed by atoms with Crippen molar-refractivity contribution in [2.45, 2.75) is 57.4 Å². The van der Waals surface area contributed by atoms with Gasteiger partial charge in [-0.05, 0) is 25.0 Å². The number of hydrogen-bond donors (Lipinski definition) is 1. The fourth-order valence-corrected chi connectivity index (χ4v) is 4.04. The van der Waals surface area contributed by atoms with Crippen molar-refractivity contribution < 1.29 is 0 Å². The van der Waals surface area contributed by atoms with Crippen LogP contribution in [0.25, 0.3) is 0 Å². The van der Waals surface area contributed by atoms with E-state index in [2.05, 4.69) is 17.3 Å². The highest BCUT2D eigenvalue weighted by molar-refractivity contribution is 7.99. The van der Waals surface area contributed by atoms with Gasteiger partial charge in [-0.15, -0.1) is 0 Å². The summed E-state index contributed by atoms with van der Waals surface area (Å²) >= 11 is 8.17. The molecule has 1 aliphatic carbocycles. The molecule has 112 valence electrons. The zero-order valence-corrected chi connectivity index (χ0v) is 13.6. The Hall–Kier alpha value is -0.680. The summed E-state index contributed by atoms with van der Waals surface area (Å²) in [4.78, 5) is 12.1. The lowest BCUT2D eigenvalue weighted by atomic mass is 10.2. The summed E-state index contributed by atoms with van der Waals surface area (Å²) in [6.45, 7) is 4.80. The molecule has 1 aromatic rings. The third-order valence-electron chi connectivity index (χ3n) is 3.59. The first-order chi connectivity index (χ1) is 9.67. The Morgan fingerprint density at radius 3 is 3.00 bits per heavy atom. The van der Waals surface area contributed by atoms with E-state index in [4.69, 9.17) is 11.6 Å². The fourth-order valence-electron chi connectivity index (χ4n) is 2.64. The second kappa shape index (κ2) is 7.36. The van der Waals surface area contributed by atoms with Crippen molar-refractivity contribution >= 4 is 29.1 Å². The number of hydrogen-bond acceptors (Lipinski definition) is 4. The van der Waals surface area contributed by atoms with Crippen molar-refractivity contribution in [3.05, 3.63) is 21.6 Å². The maximum atomic E-state index is 12.1. The van der Waals surface area contributed by atoms with Gasteiger partial charge in [0.25, 0.3) is 5.56 Å². The maximum absolute atomic E-state index is 12.1. The smallest absolute Gasteiger partial charge is 0.287 e. The van der Waals surface area contributed by atoms with Crippen molar-refractivity contribution in [3.63, 3.8) is 0 Å². The van der Waals surface area contributed by atoms with E-state index in [-0.39, 0.29) is 10.6 Å². The summed E-state index contributed by atoms with van der Waals surface area (Å²) in [5.74, 6) is 1.12. The highest BCUT2D eigenvalue weighted by Crippen LogP contribution is 2.32. The van der Waals surface area contributed by atoms with Gasteiger partial charge >= 0.3 is 0 Å². The molecular formula is C14H22ClN3OS. The normalized spacial score (nSPS) is 22.1. The molecule has 6 heteroatoms. The highest BCUT2D eigenvalue weighted by atomic mass is 35.5. The first-order valence-electron chi connectivity index (χ1n) is 7.31. The minimum Gasteiger partial charge on any atom is -0.379 e. The number of aryl methyl sites for hydroxylation is 1. The van der Waals surface area contributed by atoms with E-state index in [0.717, 1.165) is 18.6 Å². The topological polar surface area (TPSA) is 46.9 Å². The lowest BCUT2D eigenvalue weighted by molar-refractivity contribution is 0.568. The van der Waals surface area contributed by atoms with Crippen LogP contribution in [0.2, 0.25) is 5.02 Å². The number of aromatic nitrogens is 2. The van der Waals surface area contributed by atoms with E-state index in [1.807, 2.05) is 18.7 Å². The fraction of sp³-hybridized carbons (Fsp3) is 0.714. The molecule has 2 rings (SSSR count). The van der Waals surface area contributed by atoms with Crippen LogP contribution in [-0.2, 0) is 6.54 Å². The minimum atomic E-state index is -0.198. The van der Waals surface area contributed by atoms with E-state index in [0.29, 0.717) is 23.5 Å². The summed E-state index contributed by atoms with van der Waals surface area (Å²) in [7, 11) is 0. The zero-order chi connectivity index (χ0) is 14.5. The van der Waals surface area contributed by atoms with Gasteiger partial charge in [0.2, 0.25) is 0 Å². The van der Waals surface area contributed by atoms with E-state index in [1.54, 1.807) is 6.20 Å². The Balaban J connectivity index is 2.13. The molecule has 1 aromatic heterocycles. The predicted octanol–water partition coefficient (Wildman–Crippen LogP) is 3.39. The second-order valence-electron chi connectivity index (χ2n) is 5.08. The van der Waals surface area contributed by atoms with E-state index < -0.39 is 0 Å². The maximum Gasteiger partial charge on any atom is 0.287 e. The van der Waals surface area contributed by atoms with Crippen molar-refractivity contribution in [3.8, 4) is 0 Å². The van der Waals surface area contributed by atoms with Crippen LogP contribution in [0.3, 0.4) is 0 Å². The van der Waals surface area contributed by atoms with Gasteiger partial charge in [0.15, 0.2) is 0 Å². The molecule has 1 fully saturated rings. The number of halogens is 1. The summed E-state index contributed by atoms with van der Waals surface area (Å²) in [5.41, 5.74) is 0.480. The van der Waals surface area contributed by atoms with E-state index in [9.17, 15) is 4.79 Å². The Kier molecular flexibility index (Phi) is 5.78. The Bertz CT molecular complexity index is 506. The molecule has 1 aliphatic rings. The Labute approximate surface area is 129 Å². The molecule has 1 heterocycles. The first kappa shape index (κ1) is 15.7. The first-order valence-corrected chi connectivity index (χ1v) is 8.73. The molecule has 2 unspecified atom stereocenters. The average molecular weight is 316 g/mol. The molecule has 20 heavy (non-hydrogen) atoms. The zero-order valence-electron chi connectivity index (χ0n) is 12.1. The van der Waals surface area contributed by atoms with Crippen LogP contribution in [-0.4, -0.2) is 26.8 Å². The summed E-state index contributed by atoms with van der Waals surface area (Å²) in [6.07, 6.45) is 6.15. The lowest BCUT2D eigenvalue weighted by Crippen LogP contribution is -2.29. The lowest BCUT2D eigenvalue weighted by Gasteiger charge is -2.21. The van der Waals surface area contributed by atoms with Gasteiger partial charge in [-0.25, -0.2) is 4.68 Å². The van der Waals surface area contributed by atoms with Gasteiger partial charge in [-0.1, -0.05) is 31.9 Å². The molecule has 0 radical (unpaired) electrons. The molecule has 0 aromatic carbocycles. The quantitative estimate of drug-likeness (QED) is 0.874. The van der Waals surface area contributed by atoms with E-state index in [1.165, 1.54) is 17.5 Å². The van der Waals surface area contributed by atoms with Gasteiger partial charge in [-0.2, -0.15) is 16.9 Å². The molecule has 0 spiro atoms. The minimum absolute atomic E-state index is 0.198. The predicted molar refractivity (Wildman–Crippen MR) is 87.0 cm³/mol. The molecule has 0 aliphatic heterocycles. The summed E-state index contributed by atoms with van der Waals surface area (Å²) in [6, 6.07) is 0.390. The van der Waals surface area contributed by atoms with Crippen LogP contribution >= 0.6 is 23.4 Å². The van der Waals surface area contributed by atoms with Crippen molar-refractivity contribution in [2.75, 3.05) is 11.1 Å². The van der Waals surface area contributed by atoms with Crippen molar-refractivity contribution in [1.82, 2.24) is 9.78 Å². The monoisotopic (exact) mass is 315 g/mol. The van der Waals surface area contributed by atoms with Gasteiger partial charge in [-0.3, -0.25) is 4.79 Å². The number of thioether (sulfide) groups is 1. The molecule has 0 amide bonds. The average Bonchev–Trinajstić information content (AvgIpc) is 2.86. The molecule has 0 bridgehead atoms. The van der Waals surface area contributed by atoms with Gasteiger partial charge in [0, 0.05) is 17.8 Å². The largest absolute Gasteiger partial charge is 0.379 e. The molecular weight excluding hydrogens is 294 g/mol. The Morgan fingerprint density at radius 1 is 1.50 bits per heavy atom. The van der Waals surface area contributed by atoms with Crippen LogP contribution in [0.1, 0.15) is 39.5 Å². The highest BCUT2D eigenvalue weighted by Gasteiger charge is 2.27. The molecule has 2 atom stereocenters. The molecule has 1 N–H and O–H groups in total. The summed E-state index contributed by atoms with van der Waals surface area (Å²) in [5, 5.41) is 8.49. The van der Waals surface area contributed by atoms with Crippen molar-refractivity contribution in [1.29, 1.82) is 0 Å². The molecule has 0 saturated heterocycles. The Morgan fingerprint density at radius 2 is 2.30 bits per heavy atom. The van der Waals surface area contributed by atoms with Crippen molar-refractivity contribution in [2.24, 2.45) is 0 Å². The number of nitrogens with one attached hydrogen (secondary N) is 1. The second-order valence-corrected chi connectivity index (χ2v) is 6.97. The van der Waals surface area contributed by atoms with Gasteiger partial charge < -0.3 is 5.32 Å². The third-order valence-corrected chi connectivity index (χ3v) is 5.29. The van der Waals surface area contributed by atoms with Gasteiger partial charge in [0.1, 0.15) is 5.02 Å². The summed E-state index contributed by atoms with van der Waals surface area (Å²) < 4.78 is 1.43. The standard InChI is InChI=1S/C14H22ClN3OS/c1-3-8-18-14(19)13(15)11(9-16-18)17-10-6-5-7-12(10)20-4-2/h9-10,12,17H,3-8H2,1-2H3. The number of rotatable bonds is 6. The molecule has 1 saturated carbocycles. The van der Waals surface area contributed by atoms with Crippen LogP contribution in [0.15, 0.2) is 11.0 Å². The van der Waals surface area contributed by atoms with E-state index >= 15 is 0 Å². The molecule has 4 nitrogen and oxygen atoms in total. The third kappa shape index (κ3) is 3.50. The number of nitrogens with zero attached hydrogens (tertiary/aromatic N) is 2. The van der Waals surface area contributed by atoms with Crippen LogP contribution in [0, 0.1) is 0 Å². The van der Waals surface area contributed by atoms with Crippen LogP contribution in [0.4, 0.5) is 5.69 Å².